The van der Waals surface area contributed by atoms with Crippen LogP contribution < -0.4 is 5.32 Å². The number of nitrogens with one attached hydrogen (secondary N) is 1. The molecule has 1 N–H and O–H groups in total. The van der Waals surface area contributed by atoms with Crippen LogP contribution in [0, 0.1) is 5.92 Å². The van der Waals surface area contributed by atoms with Crippen molar-refractivity contribution in [2.24, 2.45) is 5.92 Å². The number of hydrogen-bond donors (Lipinski definition) is 1. The molecule has 0 atom stereocenters. The first-order valence-corrected chi connectivity index (χ1v) is 4.08. The minimum Gasteiger partial charge on any atom is -0.313 e. The Morgan fingerprint density at radius 2 is 2.10 bits per heavy atom. The van der Waals surface area contributed by atoms with Gasteiger partial charge in [0.05, 0.1) is 0 Å². The third-order valence-corrected chi connectivity index (χ3v) is 1.69. The Morgan fingerprint density at radius 3 is 2.40 bits per heavy atom. The minimum atomic E-state index is 0.684. The molecule has 0 saturated heterocycles. The van der Waals surface area contributed by atoms with Crippen LogP contribution in [-0.2, 0) is 0 Å². The van der Waals surface area contributed by atoms with Gasteiger partial charge in [0.2, 0.25) is 0 Å². The van der Waals surface area contributed by atoms with Crippen molar-refractivity contribution in [2.75, 3.05) is 13.1 Å². The van der Waals surface area contributed by atoms with Gasteiger partial charge in [-0.25, -0.2) is 0 Å². The zero-order valence-electron chi connectivity index (χ0n) is 7.57. The van der Waals surface area contributed by atoms with Gasteiger partial charge in [-0.15, -0.1) is 0 Å². The molecule has 0 fully saturated rings. The van der Waals surface area contributed by atoms with Crippen LogP contribution in [0.1, 0.15) is 27.7 Å². The second-order valence-corrected chi connectivity index (χ2v) is 2.80. The van der Waals surface area contributed by atoms with Crippen LogP contribution in [0.25, 0.3) is 0 Å². The van der Waals surface area contributed by atoms with E-state index in [0.717, 1.165) is 13.1 Å². The zero-order valence-corrected chi connectivity index (χ0v) is 7.57. The topological polar surface area (TPSA) is 12.0 Å². The first kappa shape index (κ1) is 9.70. The number of likely N-dealkylation sites (N-methyl/N-ethyl adjacent to an activating group) is 1. The fourth-order valence-corrected chi connectivity index (χ4v) is 0.909. The molecule has 1 heteroatoms. The molecule has 0 saturated carbocycles. The van der Waals surface area contributed by atoms with Crippen molar-refractivity contribution in [3.63, 3.8) is 0 Å². The molecule has 0 aromatic carbocycles. The Bertz CT molecular complexity index is 103. The van der Waals surface area contributed by atoms with E-state index in [9.17, 15) is 0 Å². The van der Waals surface area contributed by atoms with Crippen molar-refractivity contribution in [1.29, 1.82) is 0 Å². The van der Waals surface area contributed by atoms with E-state index >= 15 is 0 Å². The number of hydrogen-bond acceptors (Lipinski definition) is 1. The van der Waals surface area contributed by atoms with E-state index in [2.05, 4.69) is 39.1 Å². The molecule has 0 rings (SSSR count). The summed E-state index contributed by atoms with van der Waals surface area (Å²) in [5.74, 6) is 0.684. The van der Waals surface area contributed by atoms with Gasteiger partial charge in [-0.3, -0.25) is 0 Å². The molecule has 0 bridgehead atoms. The number of rotatable bonds is 4. The summed E-state index contributed by atoms with van der Waals surface area (Å²) >= 11 is 0. The molecule has 1 nitrogen and oxygen atoms in total. The monoisotopic (exact) mass is 141 g/mol. The van der Waals surface area contributed by atoms with Crippen molar-refractivity contribution >= 4 is 0 Å². The lowest BCUT2D eigenvalue weighted by molar-refractivity contribution is 0.675. The lowest BCUT2D eigenvalue weighted by Crippen LogP contribution is -2.18. The average Bonchev–Trinajstić information content (AvgIpc) is 1.89. The first-order chi connectivity index (χ1) is 4.72. The summed E-state index contributed by atoms with van der Waals surface area (Å²) in [5.41, 5.74) is 1.50. The molecule has 0 aliphatic rings. The Morgan fingerprint density at radius 1 is 1.50 bits per heavy atom. The molecule has 60 valence electrons. The van der Waals surface area contributed by atoms with Gasteiger partial charge < -0.3 is 5.32 Å². The lowest BCUT2D eigenvalue weighted by atomic mass is 10.0. The molecule has 0 aliphatic heterocycles. The maximum Gasteiger partial charge on any atom is 0.0166 e. The maximum atomic E-state index is 3.31. The third-order valence-electron chi connectivity index (χ3n) is 1.69. The second kappa shape index (κ2) is 5.48. The van der Waals surface area contributed by atoms with Crippen molar-refractivity contribution in [1.82, 2.24) is 5.32 Å². The van der Waals surface area contributed by atoms with Crippen molar-refractivity contribution in [3.8, 4) is 0 Å². The Hall–Kier alpha value is -0.300. The van der Waals surface area contributed by atoms with Crippen LogP contribution in [-0.4, -0.2) is 13.1 Å². The fraction of sp³-hybridized carbons (Fsp3) is 0.778. The first-order valence-electron chi connectivity index (χ1n) is 4.08. The summed E-state index contributed by atoms with van der Waals surface area (Å²) in [4.78, 5) is 0. The highest BCUT2D eigenvalue weighted by Gasteiger charge is 1.98. The van der Waals surface area contributed by atoms with Gasteiger partial charge in [-0.2, -0.15) is 0 Å². The van der Waals surface area contributed by atoms with E-state index in [1.165, 1.54) is 5.57 Å². The lowest BCUT2D eigenvalue weighted by Gasteiger charge is -2.10. The van der Waals surface area contributed by atoms with E-state index in [4.69, 9.17) is 0 Å². The van der Waals surface area contributed by atoms with E-state index < -0.39 is 0 Å². The molecular formula is C9H19N. The fourth-order valence-electron chi connectivity index (χ4n) is 0.909. The van der Waals surface area contributed by atoms with Crippen LogP contribution in [0.5, 0.6) is 0 Å². The van der Waals surface area contributed by atoms with Crippen molar-refractivity contribution in [2.45, 2.75) is 27.7 Å². The quantitative estimate of drug-likeness (QED) is 0.592. The average molecular weight is 141 g/mol. The molecule has 0 aromatic heterocycles. The van der Waals surface area contributed by atoms with Gasteiger partial charge in [0.15, 0.2) is 0 Å². The standard InChI is InChI=1S/C9H19N/c1-5-9(8(3)4)7-10-6-2/h5,8,10H,6-7H2,1-4H3/b9-5-. The van der Waals surface area contributed by atoms with Crippen LogP contribution in [0.3, 0.4) is 0 Å². The van der Waals surface area contributed by atoms with Gasteiger partial charge in [-0.1, -0.05) is 32.4 Å². The molecule has 0 spiro atoms. The smallest absolute Gasteiger partial charge is 0.0166 e. The molecule has 0 aromatic rings. The van der Waals surface area contributed by atoms with Gasteiger partial charge in [0, 0.05) is 6.54 Å². The number of allylic oxidation sites excluding steroid dienone is 1. The molecule has 10 heavy (non-hydrogen) atoms. The van der Waals surface area contributed by atoms with Gasteiger partial charge in [0.25, 0.3) is 0 Å². The van der Waals surface area contributed by atoms with Gasteiger partial charge in [-0.05, 0) is 19.4 Å². The maximum absolute atomic E-state index is 3.31. The summed E-state index contributed by atoms with van der Waals surface area (Å²) in [6.07, 6.45) is 2.20. The second-order valence-electron chi connectivity index (χ2n) is 2.80. The third kappa shape index (κ3) is 3.67. The predicted molar refractivity (Wildman–Crippen MR) is 47.1 cm³/mol. The molecular weight excluding hydrogens is 122 g/mol. The highest BCUT2D eigenvalue weighted by atomic mass is 14.8. The molecule has 0 amide bonds. The SMILES string of the molecule is C/C=C(/CNCC)C(C)C. The van der Waals surface area contributed by atoms with Crippen LogP contribution in [0.2, 0.25) is 0 Å². The van der Waals surface area contributed by atoms with Crippen LogP contribution in [0.15, 0.2) is 11.6 Å². The van der Waals surface area contributed by atoms with Crippen molar-refractivity contribution < 1.29 is 0 Å². The van der Waals surface area contributed by atoms with E-state index in [1.54, 1.807) is 0 Å². The Kier molecular flexibility index (Phi) is 5.32. The van der Waals surface area contributed by atoms with Crippen LogP contribution >= 0.6 is 0 Å². The summed E-state index contributed by atoms with van der Waals surface area (Å²) in [6.45, 7) is 10.8. The summed E-state index contributed by atoms with van der Waals surface area (Å²) in [6, 6.07) is 0. The molecule has 0 aliphatic carbocycles. The molecule has 0 heterocycles. The highest BCUT2D eigenvalue weighted by Crippen LogP contribution is 2.06. The highest BCUT2D eigenvalue weighted by molar-refractivity contribution is 5.04. The van der Waals surface area contributed by atoms with E-state index in [-0.39, 0.29) is 0 Å². The molecule has 0 radical (unpaired) electrons. The minimum absolute atomic E-state index is 0.684. The summed E-state index contributed by atoms with van der Waals surface area (Å²) < 4.78 is 0. The largest absolute Gasteiger partial charge is 0.313 e. The predicted octanol–water partition coefficient (Wildman–Crippen LogP) is 2.20. The molecule has 0 unspecified atom stereocenters. The Labute approximate surface area is 64.5 Å². The van der Waals surface area contributed by atoms with E-state index in [0.29, 0.717) is 5.92 Å². The van der Waals surface area contributed by atoms with Gasteiger partial charge >= 0.3 is 0 Å². The summed E-state index contributed by atoms with van der Waals surface area (Å²) in [7, 11) is 0. The van der Waals surface area contributed by atoms with E-state index in [1.807, 2.05) is 0 Å². The van der Waals surface area contributed by atoms with Crippen molar-refractivity contribution in [3.05, 3.63) is 11.6 Å². The zero-order chi connectivity index (χ0) is 7.98. The van der Waals surface area contributed by atoms with Crippen LogP contribution in [0.4, 0.5) is 0 Å². The summed E-state index contributed by atoms with van der Waals surface area (Å²) in [5, 5.41) is 3.31. The normalized spacial score (nSPS) is 12.7. The van der Waals surface area contributed by atoms with Gasteiger partial charge in [0.1, 0.15) is 0 Å². The Balaban J connectivity index is 3.63.